The van der Waals surface area contributed by atoms with Gasteiger partial charge < -0.3 is 5.11 Å². The van der Waals surface area contributed by atoms with Crippen molar-refractivity contribution in [2.24, 2.45) is 11.3 Å². The fourth-order valence-corrected chi connectivity index (χ4v) is 4.49. The number of aliphatic hydroxyl groups is 1. The Balaban J connectivity index is 1.76. The molecule has 2 aliphatic rings. The lowest BCUT2D eigenvalue weighted by atomic mass is 9.72. The van der Waals surface area contributed by atoms with Crippen molar-refractivity contribution in [2.45, 2.75) is 83.7 Å². The molecule has 2 heteroatoms. The van der Waals surface area contributed by atoms with Gasteiger partial charge in [0.05, 0.1) is 5.60 Å². The predicted molar refractivity (Wildman–Crippen MR) is 81.0 cm³/mol. The normalized spacial score (nSPS) is 33.3. The summed E-state index contributed by atoms with van der Waals surface area (Å²) in [6.45, 7) is 3.84. The molecule has 0 saturated heterocycles. The molecule has 0 aromatic carbocycles. The molecule has 2 unspecified atom stereocenters. The van der Waals surface area contributed by atoms with Crippen molar-refractivity contribution >= 4 is 17.1 Å². The van der Waals surface area contributed by atoms with E-state index >= 15 is 0 Å². The number of hydrogen-bond donors (Lipinski definition) is 1. The van der Waals surface area contributed by atoms with Crippen LogP contribution in [0.25, 0.3) is 0 Å². The Kier molecular flexibility index (Phi) is 4.48. The van der Waals surface area contributed by atoms with Gasteiger partial charge in [0.15, 0.2) is 0 Å². The summed E-state index contributed by atoms with van der Waals surface area (Å²) in [5.41, 5.74) is 0.109. The molecule has 2 rings (SSSR count). The molecular weight excluding hydrogens is 240 g/mol. The molecule has 0 bridgehead atoms. The van der Waals surface area contributed by atoms with Crippen molar-refractivity contribution in [3.63, 3.8) is 0 Å². The molecule has 0 radical (unpaired) electrons. The van der Waals surface area contributed by atoms with Crippen LogP contribution in [0.5, 0.6) is 0 Å². The van der Waals surface area contributed by atoms with Crippen LogP contribution in [0.1, 0.15) is 78.1 Å². The van der Waals surface area contributed by atoms with Crippen molar-refractivity contribution in [1.82, 2.24) is 0 Å². The minimum Gasteiger partial charge on any atom is -0.390 e. The molecule has 0 aromatic rings. The average molecular weight is 268 g/mol. The van der Waals surface area contributed by atoms with E-state index in [0.29, 0.717) is 5.41 Å². The van der Waals surface area contributed by atoms with Crippen LogP contribution in [0.15, 0.2) is 0 Å². The first kappa shape index (κ1) is 14.5. The van der Waals surface area contributed by atoms with E-state index in [9.17, 15) is 5.11 Å². The first-order valence-corrected chi connectivity index (χ1v) is 8.04. The number of hydrogen-bond acceptors (Lipinski definition) is 2. The van der Waals surface area contributed by atoms with Gasteiger partial charge >= 0.3 is 0 Å². The van der Waals surface area contributed by atoms with Crippen molar-refractivity contribution in [2.75, 3.05) is 0 Å². The van der Waals surface area contributed by atoms with E-state index in [1.807, 2.05) is 13.8 Å². The highest BCUT2D eigenvalue weighted by Crippen LogP contribution is 2.51. The van der Waals surface area contributed by atoms with Crippen LogP contribution in [0.3, 0.4) is 0 Å². The Hall–Kier alpha value is 0.0500. The first-order chi connectivity index (χ1) is 8.39. The van der Waals surface area contributed by atoms with Crippen molar-refractivity contribution in [3.8, 4) is 0 Å². The highest BCUT2D eigenvalue weighted by atomic mass is 32.1. The monoisotopic (exact) mass is 268 g/mol. The van der Waals surface area contributed by atoms with Gasteiger partial charge in [-0.05, 0) is 81.4 Å². The van der Waals surface area contributed by atoms with Gasteiger partial charge in [0.25, 0.3) is 0 Å². The Morgan fingerprint density at radius 2 is 2.17 bits per heavy atom. The summed E-state index contributed by atoms with van der Waals surface area (Å²) in [5, 5.41) is 9.75. The van der Waals surface area contributed by atoms with Gasteiger partial charge in [-0.2, -0.15) is 0 Å². The van der Waals surface area contributed by atoms with Crippen LogP contribution in [0.4, 0.5) is 0 Å². The minimum atomic E-state index is -0.483. The third-order valence-corrected chi connectivity index (χ3v) is 5.29. The Labute approximate surface area is 117 Å². The largest absolute Gasteiger partial charge is 0.390 e. The second-order valence-corrected chi connectivity index (χ2v) is 7.96. The van der Waals surface area contributed by atoms with Crippen molar-refractivity contribution in [3.05, 3.63) is 0 Å². The van der Waals surface area contributed by atoms with E-state index in [1.165, 1.54) is 62.7 Å². The van der Waals surface area contributed by atoms with Crippen LogP contribution in [-0.2, 0) is 0 Å². The van der Waals surface area contributed by atoms with E-state index in [0.717, 1.165) is 12.3 Å². The quantitative estimate of drug-likeness (QED) is 0.748. The Morgan fingerprint density at radius 3 is 2.83 bits per heavy atom. The van der Waals surface area contributed by atoms with E-state index in [4.69, 9.17) is 12.2 Å². The molecule has 2 aliphatic carbocycles. The maximum atomic E-state index is 9.75. The van der Waals surface area contributed by atoms with Gasteiger partial charge in [-0.1, -0.05) is 25.1 Å². The molecule has 2 fully saturated rings. The molecule has 0 aromatic heterocycles. The van der Waals surface area contributed by atoms with Gasteiger partial charge in [0.2, 0.25) is 0 Å². The molecule has 1 N–H and O–H groups in total. The highest BCUT2D eigenvalue weighted by molar-refractivity contribution is 7.80. The summed E-state index contributed by atoms with van der Waals surface area (Å²) in [5.74, 6) is 0.897. The third kappa shape index (κ3) is 4.03. The van der Waals surface area contributed by atoms with E-state index in [-0.39, 0.29) is 0 Å². The van der Waals surface area contributed by atoms with Gasteiger partial charge in [-0.3, -0.25) is 0 Å². The fraction of sp³-hybridized carbons (Fsp3) is 0.938. The smallest absolute Gasteiger partial charge is 0.0591 e. The average Bonchev–Trinajstić information content (AvgIpc) is 2.59. The summed E-state index contributed by atoms with van der Waals surface area (Å²) in [4.78, 5) is 1.33. The zero-order chi connectivity index (χ0) is 13.2. The molecule has 1 spiro atoms. The van der Waals surface area contributed by atoms with E-state index in [1.54, 1.807) is 0 Å². The van der Waals surface area contributed by atoms with Gasteiger partial charge in [-0.25, -0.2) is 0 Å². The van der Waals surface area contributed by atoms with E-state index in [2.05, 4.69) is 0 Å². The molecule has 0 heterocycles. The third-order valence-electron chi connectivity index (χ3n) is 4.94. The molecule has 0 amide bonds. The van der Waals surface area contributed by atoms with Gasteiger partial charge in [0, 0.05) is 0 Å². The van der Waals surface area contributed by atoms with Crippen LogP contribution in [0, 0.1) is 11.3 Å². The number of thiocarbonyl (C=S) groups is 1. The minimum absolute atomic E-state index is 0.483. The lowest BCUT2D eigenvalue weighted by Gasteiger charge is -2.34. The molecule has 104 valence electrons. The Morgan fingerprint density at radius 1 is 1.39 bits per heavy atom. The van der Waals surface area contributed by atoms with Gasteiger partial charge in [-0.15, -0.1) is 0 Å². The fourth-order valence-electron chi connectivity index (χ4n) is 4.04. The van der Waals surface area contributed by atoms with Crippen LogP contribution < -0.4 is 0 Å². The van der Waals surface area contributed by atoms with Crippen LogP contribution in [-0.4, -0.2) is 15.6 Å². The molecule has 0 aliphatic heterocycles. The molecule has 2 atom stereocenters. The maximum absolute atomic E-state index is 9.75. The first-order valence-electron chi connectivity index (χ1n) is 7.63. The summed E-state index contributed by atoms with van der Waals surface area (Å²) in [7, 11) is 0. The molecule has 18 heavy (non-hydrogen) atoms. The second kappa shape index (κ2) is 5.58. The summed E-state index contributed by atoms with van der Waals surface area (Å²) in [6, 6.07) is 0. The lowest BCUT2D eigenvalue weighted by molar-refractivity contribution is 0.0666. The second-order valence-electron chi connectivity index (χ2n) is 7.38. The van der Waals surface area contributed by atoms with Crippen LogP contribution >= 0.6 is 12.2 Å². The molecule has 1 nitrogen and oxygen atoms in total. The zero-order valence-corrected chi connectivity index (χ0v) is 12.8. The predicted octanol–water partition coefficient (Wildman–Crippen LogP) is 4.66. The number of rotatable bonds is 4. The standard InChI is InChI=1S/C16H28OS/c1-15(2,17)8-3-5-13-7-10-16(11-13)9-4-6-14(18)12-16/h13,17H,3-12H2,1-2H3. The highest BCUT2D eigenvalue weighted by Gasteiger charge is 2.40. The Bertz CT molecular complexity index is 305. The van der Waals surface area contributed by atoms with Crippen molar-refractivity contribution < 1.29 is 5.11 Å². The molecular formula is C16H28OS. The zero-order valence-electron chi connectivity index (χ0n) is 12.0. The van der Waals surface area contributed by atoms with Crippen molar-refractivity contribution in [1.29, 1.82) is 0 Å². The summed E-state index contributed by atoms with van der Waals surface area (Å²) in [6.07, 6.45) is 12.8. The summed E-state index contributed by atoms with van der Waals surface area (Å²) < 4.78 is 0. The van der Waals surface area contributed by atoms with E-state index < -0.39 is 5.60 Å². The summed E-state index contributed by atoms with van der Waals surface area (Å²) >= 11 is 5.46. The topological polar surface area (TPSA) is 20.2 Å². The lowest BCUT2D eigenvalue weighted by Crippen LogP contribution is -2.25. The SMILES string of the molecule is CC(C)(O)CCCC1CCC2(CCCC(=S)C2)C1. The molecule has 2 saturated carbocycles. The maximum Gasteiger partial charge on any atom is 0.0591 e. The van der Waals surface area contributed by atoms with Gasteiger partial charge in [0.1, 0.15) is 0 Å². The van der Waals surface area contributed by atoms with Crippen LogP contribution in [0.2, 0.25) is 0 Å².